The van der Waals surface area contributed by atoms with Gasteiger partial charge in [0, 0.05) is 0 Å². The number of halogens is 2. The van der Waals surface area contributed by atoms with Crippen LogP contribution in [0, 0.1) is 17.1 Å². The lowest BCUT2D eigenvalue weighted by Gasteiger charge is -1.97. The molecule has 0 spiro atoms. The molecule has 0 amide bonds. The molecule has 0 fully saturated rings. The van der Waals surface area contributed by atoms with Crippen molar-refractivity contribution in [1.82, 2.24) is 0 Å². The van der Waals surface area contributed by atoms with E-state index in [0.29, 0.717) is 0 Å². The van der Waals surface area contributed by atoms with Gasteiger partial charge in [-0.25, -0.2) is 4.39 Å². The quantitative estimate of drug-likeness (QED) is 0.649. The Labute approximate surface area is 67.5 Å². The largest absolute Gasteiger partial charge is 0.504 e. The molecule has 0 aliphatic carbocycles. The van der Waals surface area contributed by atoms with Gasteiger partial charge in [-0.1, -0.05) is 11.6 Å². The van der Waals surface area contributed by atoms with Crippen molar-refractivity contribution in [2.45, 2.75) is 0 Å². The molecular formula is C7H3ClFNO. The van der Waals surface area contributed by atoms with Gasteiger partial charge in [0.05, 0.1) is 16.7 Å². The van der Waals surface area contributed by atoms with Crippen LogP contribution in [0.3, 0.4) is 0 Å². The molecule has 4 heteroatoms. The van der Waals surface area contributed by atoms with E-state index in [1.165, 1.54) is 6.07 Å². The molecule has 0 bridgehead atoms. The lowest BCUT2D eigenvalue weighted by atomic mass is 10.2. The van der Waals surface area contributed by atoms with E-state index >= 15 is 0 Å². The highest BCUT2D eigenvalue weighted by Gasteiger charge is 2.06. The number of nitriles is 1. The molecule has 2 nitrogen and oxygen atoms in total. The van der Waals surface area contributed by atoms with Crippen molar-refractivity contribution in [3.63, 3.8) is 0 Å². The summed E-state index contributed by atoms with van der Waals surface area (Å²) in [5, 5.41) is 17.0. The Hall–Kier alpha value is -1.27. The first kappa shape index (κ1) is 7.83. The predicted molar refractivity (Wildman–Crippen MR) is 37.8 cm³/mol. The fourth-order valence-corrected chi connectivity index (χ4v) is 0.838. The number of rotatable bonds is 0. The molecule has 0 saturated carbocycles. The van der Waals surface area contributed by atoms with Crippen LogP contribution >= 0.6 is 11.6 Å². The van der Waals surface area contributed by atoms with E-state index in [0.717, 1.165) is 6.07 Å². The second-order valence-electron chi connectivity index (χ2n) is 1.90. The van der Waals surface area contributed by atoms with Crippen molar-refractivity contribution in [2.75, 3.05) is 0 Å². The van der Waals surface area contributed by atoms with Gasteiger partial charge in [-0.2, -0.15) is 5.26 Å². The molecule has 0 aromatic heterocycles. The van der Waals surface area contributed by atoms with Crippen molar-refractivity contribution < 1.29 is 9.50 Å². The first-order chi connectivity index (χ1) is 5.15. The van der Waals surface area contributed by atoms with Crippen LogP contribution in [0.15, 0.2) is 12.1 Å². The normalized spacial score (nSPS) is 9.18. The number of hydrogen-bond donors (Lipinski definition) is 1. The van der Waals surface area contributed by atoms with E-state index in [-0.39, 0.29) is 10.6 Å². The summed E-state index contributed by atoms with van der Waals surface area (Å²) in [6.07, 6.45) is 0. The lowest BCUT2D eigenvalue weighted by Crippen LogP contribution is -1.80. The standard InChI is InChI=1S/C7H3ClFNO/c8-5-1-4(3-10)2-6(9)7(5)11/h1-2,11H. The summed E-state index contributed by atoms with van der Waals surface area (Å²) in [6, 6.07) is 3.81. The molecule has 1 rings (SSSR count). The van der Waals surface area contributed by atoms with Gasteiger partial charge in [0.2, 0.25) is 0 Å². The molecule has 1 aromatic carbocycles. The number of hydrogen-bond acceptors (Lipinski definition) is 2. The average molecular weight is 172 g/mol. The third kappa shape index (κ3) is 1.41. The number of nitrogens with zero attached hydrogens (tertiary/aromatic N) is 1. The molecule has 0 aliphatic heterocycles. The Morgan fingerprint density at radius 1 is 1.55 bits per heavy atom. The Bertz CT molecular complexity index is 309. The Kier molecular flexibility index (Phi) is 1.97. The SMILES string of the molecule is N#Cc1cc(F)c(O)c(Cl)c1. The monoisotopic (exact) mass is 171 g/mol. The van der Waals surface area contributed by atoms with Crippen LogP contribution < -0.4 is 0 Å². The minimum absolute atomic E-state index is 0.0882. The second kappa shape index (κ2) is 2.77. The third-order valence-corrected chi connectivity index (χ3v) is 1.43. The first-order valence-corrected chi connectivity index (χ1v) is 3.11. The van der Waals surface area contributed by atoms with Crippen molar-refractivity contribution in [2.24, 2.45) is 0 Å². The summed E-state index contributed by atoms with van der Waals surface area (Å²) in [5.41, 5.74) is 0.0882. The van der Waals surface area contributed by atoms with E-state index in [2.05, 4.69) is 0 Å². The van der Waals surface area contributed by atoms with Gasteiger partial charge >= 0.3 is 0 Å². The molecule has 0 atom stereocenters. The zero-order valence-corrected chi connectivity index (χ0v) is 6.06. The molecule has 0 unspecified atom stereocenters. The summed E-state index contributed by atoms with van der Waals surface area (Å²) < 4.78 is 12.5. The zero-order valence-electron chi connectivity index (χ0n) is 5.31. The van der Waals surface area contributed by atoms with Crippen molar-refractivity contribution in [3.05, 3.63) is 28.5 Å². The predicted octanol–water partition coefficient (Wildman–Crippen LogP) is 2.06. The van der Waals surface area contributed by atoms with Gasteiger partial charge in [-0.15, -0.1) is 0 Å². The highest BCUT2D eigenvalue weighted by Crippen LogP contribution is 2.26. The molecule has 0 radical (unpaired) electrons. The van der Waals surface area contributed by atoms with Gasteiger partial charge in [-0.3, -0.25) is 0 Å². The van der Waals surface area contributed by atoms with E-state index in [4.69, 9.17) is 22.0 Å². The second-order valence-corrected chi connectivity index (χ2v) is 2.31. The summed E-state index contributed by atoms with van der Waals surface area (Å²) in [5.74, 6) is -1.50. The molecule has 11 heavy (non-hydrogen) atoms. The maximum absolute atomic E-state index is 12.5. The highest BCUT2D eigenvalue weighted by molar-refractivity contribution is 6.32. The maximum Gasteiger partial charge on any atom is 0.170 e. The van der Waals surface area contributed by atoms with Crippen LogP contribution in [0.5, 0.6) is 5.75 Å². The Morgan fingerprint density at radius 2 is 2.18 bits per heavy atom. The summed E-state index contributed by atoms with van der Waals surface area (Å²) in [6.45, 7) is 0. The zero-order chi connectivity index (χ0) is 8.43. The average Bonchev–Trinajstić information content (AvgIpc) is 1.99. The number of phenols is 1. The molecule has 0 aliphatic rings. The Balaban J connectivity index is 3.35. The van der Waals surface area contributed by atoms with E-state index in [1.54, 1.807) is 6.07 Å². The van der Waals surface area contributed by atoms with Crippen LogP contribution in [0.2, 0.25) is 5.02 Å². The first-order valence-electron chi connectivity index (χ1n) is 2.73. The van der Waals surface area contributed by atoms with E-state index in [9.17, 15) is 4.39 Å². The molecule has 0 heterocycles. The lowest BCUT2D eigenvalue weighted by molar-refractivity contribution is 0.432. The fraction of sp³-hybridized carbons (Fsp3) is 0. The van der Waals surface area contributed by atoms with Gasteiger partial charge < -0.3 is 5.11 Å². The van der Waals surface area contributed by atoms with Crippen LogP contribution in [0.1, 0.15) is 5.56 Å². The highest BCUT2D eigenvalue weighted by atomic mass is 35.5. The third-order valence-electron chi connectivity index (χ3n) is 1.15. The van der Waals surface area contributed by atoms with E-state index in [1.807, 2.05) is 0 Å². The van der Waals surface area contributed by atoms with Gasteiger partial charge in [0.15, 0.2) is 11.6 Å². The summed E-state index contributed by atoms with van der Waals surface area (Å²) in [4.78, 5) is 0. The minimum atomic E-state index is -0.881. The van der Waals surface area contributed by atoms with Crippen LogP contribution in [-0.4, -0.2) is 5.11 Å². The van der Waals surface area contributed by atoms with Crippen molar-refractivity contribution in [1.29, 1.82) is 5.26 Å². The van der Waals surface area contributed by atoms with Crippen LogP contribution in [-0.2, 0) is 0 Å². The molecule has 56 valence electrons. The van der Waals surface area contributed by atoms with Gasteiger partial charge in [0.1, 0.15) is 0 Å². The van der Waals surface area contributed by atoms with Gasteiger partial charge in [0.25, 0.3) is 0 Å². The molecule has 0 saturated heterocycles. The minimum Gasteiger partial charge on any atom is -0.504 e. The topological polar surface area (TPSA) is 44.0 Å². The van der Waals surface area contributed by atoms with Crippen LogP contribution in [0.4, 0.5) is 4.39 Å². The fourth-order valence-electron chi connectivity index (χ4n) is 0.630. The molecular weight excluding hydrogens is 169 g/mol. The van der Waals surface area contributed by atoms with E-state index < -0.39 is 11.6 Å². The summed E-state index contributed by atoms with van der Waals surface area (Å²) >= 11 is 5.36. The van der Waals surface area contributed by atoms with Crippen molar-refractivity contribution in [3.8, 4) is 11.8 Å². The van der Waals surface area contributed by atoms with Crippen molar-refractivity contribution >= 4 is 11.6 Å². The number of aromatic hydroxyl groups is 1. The van der Waals surface area contributed by atoms with Crippen LogP contribution in [0.25, 0.3) is 0 Å². The smallest absolute Gasteiger partial charge is 0.170 e. The summed E-state index contributed by atoms with van der Waals surface area (Å²) in [7, 11) is 0. The molecule has 1 aromatic rings. The molecule has 1 N–H and O–H groups in total. The number of benzene rings is 1. The Morgan fingerprint density at radius 3 is 2.64 bits per heavy atom. The number of phenolic OH excluding ortho intramolecular Hbond substituents is 1. The van der Waals surface area contributed by atoms with Gasteiger partial charge in [-0.05, 0) is 12.1 Å². The maximum atomic E-state index is 12.5.